The molecule has 0 spiro atoms. The second kappa shape index (κ2) is 7.54. The Morgan fingerprint density at radius 1 is 0.567 bits per heavy atom. The predicted molar refractivity (Wildman–Crippen MR) is 95.5 cm³/mol. The average molecular weight is 420 g/mol. The van der Waals surface area contributed by atoms with Crippen LogP contribution in [0.4, 0.5) is 22.7 Å². The highest BCUT2D eigenvalue weighted by Gasteiger charge is 2.39. The second-order valence-corrected chi connectivity index (χ2v) is 5.54. The molecule has 154 valence electrons. The third kappa shape index (κ3) is 3.67. The molecule has 2 amide bonds. The number of amides is 2. The number of hydrogen-bond donors (Lipinski definition) is 2. The maximum Gasteiger partial charge on any atom is 0.285 e. The summed E-state index contributed by atoms with van der Waals surface area (Å²) in [4.78, 5) is 63.8. The largest absolute Gasteiger partial charge is 0.366 e. The molecule has 4 N–H and O–H groups in total. The first-order valence-corrected chi connectivity index (χ1v) is 7.40. The molecule has 0 unspecified atom stereocenters. The topological polar surface area (TPSA) is 259 Å². The van der Waals surface area contributed by atoms with E-state index >= 15 is 0 Å². The molecule has 0 radical (unpaired) electrons. The molecule has 0 aliphatic rings. The molecule has 0 aliphatic heterocycles. The lowest BCUT2D eigenvalue weighted by molar-refractivity contribution is -0.397. The van der Waals surface area contributed by atoms with Crippen molar-refractivity contribution in [3.63, 3.8) is 0 Å². The van der Waals surface area contributed by atoms with Crippen molar-refractivity contribution in [2.75, 3.05) is 0 Å². The van der Waals surface area contributed by atoms with Crippen LogP contribution in [0.3, 0.4) is 0 Å². The minimum atomic E-state index is -1.29. The Morgan fingerprint density at radius 2 is 0.767 bits per heavy atom. The third-order valence-electron chi connectivity index (χ3n) is 3.80. The zero-order valence-corrected chi connectivity index (χ0v) is 14.3. The van der Waals surface area contributed by atoms with E-state index in [4.69, 9.17) is 11.5 Å². The zero-order chi connectivity index (χ0) is 22.9. The molecule has 0 aliphatic carbocycles. The summed E-state index contributed by atoms with van der Waals surface area (Å²) < 4.78 is 0. The van der Waals surface area contributed by atoms with Gasteiger partial charge in [0.05, 0.1) is 30.8 Å². The lowest BCUT2D eigenvalue weighted by atomic mass is 9.94. The summed E-state index contributed by atoms with van der Waals surface area (Å²) in [5, 5.41) is 46.0. The lowest BCUT2D eigenvalue weighted by Gasteiger charge is -2.09. The van der Waals surface area contributed by atoms with Crippen molar-refractivity contribution in [3.8, 4) is 11.1 Å². The van der Waals surface area contributed by atoms with Gasteiger partial charge in [-0.25, -0.2) is 0 Å². The molecule has 0 fully saturated rings. The SMILES string of the molecule is NC(=O)c1cc([N+](=O)[O-])c(-c2c([N+](=O)[O-])cc(C(N)=O)cc2[N+](=O)[O-])c([N+](=O)[O-])c1. The van der Waals surface area contributed by atoms with Gasteiger partial charge in [0, 0.05) is 24.3 Å². The van der Waals surface area contributed by atoms with Crippen LogP contribution in [-0.2, 0) is 0 Å². The van der Waals surface area contributed by atoms with Crippen molar-refractivity contribution < 1.29 is 29.3 Å². The number of nitrogens with zero attached hydrogens (tertiary/aromatic N) is 4. The molecule has 0 saturated heterocycles. The van der Waals surface area contributed by atoms with Crippen LogP contribution in [-0.4, -0.2) is 31.5 Å². The molecule has 0 saturated carbocycles. The molecule has 16 heteroatoms. The van der Waals surface area contributed by atoms with Crippen molar-refractivity contribution in [2.45, 2.75) is 0 Å². The number of benzene rings is 2. The van der Waals surface area contributed by atoms with Crippen LogP contribution in [0.25, 0.3) is 11.1 Å². The molecule has 2 aromatic carbocycles. The summed E-state index contributed by atoms with van der Waals surface area (Å²) in [7, 11) is 0. The summed E-state index contributed by atoms with van der Waals surface area (Å²) in [5.41, 5.74) is 1.48. The van der Waals surface area contributed by atoms with Crippen LogP contribution in [0.5, 0.6) is 0 Å². The normalized spacial score (nSPS) is 10.3. The molecule has 2 aromatic rings. The first kappa shape index (κ1) is 21.3. The predicted octanol–water partition coefficient (Wildman–Crippen LogP) is 1.18. The zero-order valence-electron chi connectivity index (χ0n) is 14.3. The molecule has 2 rings (SSSR count). The number of carbonyl (C=O) groups is 2. The number of nitro benzene ring substituents is 4. The minimum absolute atomic E-state index is 0.486. The maximum absolute atomic E-state index is 11.5. The van der Waals surface area contributed by atoms with E-state index in [1.165, 1.54) is 0 Å². The molecular formula is C14H8N6O10. The van der Waals surface area contributed by atoms with Gasteiger partial charge in [-0.2, -0.15) is 0 Å². The van der Waals surface area contributed by atoms with Gasteiger partial charge >= 0.3 is 0 Å². The van der Waals surface area contributed by atoms with E-state index < -0.39 is 76.5 Å². The van der Waals surface area contributed by atoms with Crippen molar-refractivity contribution in [1.29, 1.82) is 0 Å². The Morgan fingerprint density at radius 3 is 0.900 bits per heavy atom. The molecular weight excluding hydrogens is 412 g/mol. The quantitative estimate of drug-likeness (QED) is 0.477. The number of carbonyl (C=O) groups excluding carboxylic acids is 2. The number of nitro groups is 4. The van der Waals surface area contributed by atoms with E-state index in [-0.39, 0.29) is 0 Å². The van der Waals surface area contributed by atoms with Crippen molar-refractivity contribution in [3.05, 3.63) is 75.8 Å². The van der Waals surface area contributed by atoms with Crippen LogP contribution in [0.2, 0.25) is 0 Å². The standard InChI is InChI=1S/C14H8N6O10/c15-13(21)5-1-7(17(23)24)11(8(2-5)18(25)26)12-9(19(27)28)3-6(14(16)22)4-10(12)20(29)30/h1-4H,(H2,15,21)(H2,16,22). The van der Waals surface area contributed by atoms with E-state index in [1.807, 2.05) is 0 Å². The molecule has 16 nitrogen and oxygen atoms in total. The Kier molecular flexibility index (Phi) is 5.35. The van der Waals surface area contributed by atoms with E-state index in [0.717, 1.165) is 0 Å². The van der Waals surface area contributed by atoms with Gasteiger partial charge in [-0.1, -0.05) is 0 Å². The molecule has 0 atom stereocenters. The van der Waals surface area contributed by atoms with Gasteiger partial charge in [0.25, 0.3) is 22.7 Å². The number of primary amides is 2. The van der Waals surface area contributed by atoms with Crippen molar-refractivity contribution in [1.82, 2.24) is 0 Å². The van der Waals surface area contributed by atoms with Crippen LogP contribution >= 0.6 is 0 Å². The first-order chi connectivity index (χ1) is 13.9. The fraction of sp³-hybridized carbons (Fsp3) is 0. The molecule has 0 bridgehead atoms. The summed E-state index contributed by atoms with van der Waals surface area (Å²) >= 11 is 0. The fourth-order valence-electron chi connectivity index (χ4n) is 2.60. The van der Waals surface area contributed by atoms with Gasteiger partial charge < -0.3 is 11.5 Å². The minimum Gasteiger partial charge on any atom is -0.366 e. The van der Waals surface area contributed by atoms with E-state index in [2.05, 4.69) is 0 Å². The highest BCUT2D eigenvalue weighted by molar-refractivity contribution is 6.02. The lowest BCUT2D eigenvalue weighted by Crippen LogP contribution is -2.14. The van der Waals surface area contributed by atoms with Gasteiger partial charge in [-0.3, -0.25) is 50.0 Å². The Hall–Kier alpha value is -5.02. The summed E-state index contributed by atoms with van der Waals surface area (Å²) in [5.74, 6) is -2.58. The Balaban J connectivity index is 3.21. The number of hydrogen-bond acceptors (Lipinski definition) is 10. The number of rotatable bonds is 7. The van der Waals surface area contributed by atoms with Crippen molar-refractivity contribution >= 4 is 34.6 Å². The van der Waals surface area contributed by atoms with E-state index in [1.54, 1.807) is 0 Å². The maximum atomic E-state index is 11.5. The summed E-state index contributed by atoms with van der Waals surface area (Å²) in [6.45, 7) is 0. The number of nitrogens with two attached hydrogens (primary N) is 2. The first-order valence-electron chi connectivity index (χ1n) is 7.40. The highest BCUT2D eigenvalue weighted by atomic mass is 16.6. The van der Waals surface area contributed by atoms with E-state index in [0.29, 0.717) is 24.3 Å². The van der Waals surface area contributed by atoms with Gasteiger partial charge in [0.15, 0.2) is 11.1 Å². The highest BCUT2D eigenvalue weighted by Crippen LogP contribution is 2.47. The Bertz CT molecular complexity index is 1010. The molecule has 0 heterocycles. The van der Waals surface area contributed by atoms with Gasteiger partial charge in [0.2, 0.25) is 11.8 Å². The monoisotopic (exact) mass is 420 g/mol. The van der Waals surface area contributed by atoms with Crippen LogP contribution < -0.4 is 11.5 Å². The van der Waals surface area contributed by atoms with Gasteiger partial charge in [0.1, 0.15) is 0 Å². The smallest absolute Gasteiger partial charge is 0.285 e. The van der Waals surface area contributed by atoms with E-state index in [9.17, 15) is 50.0 Å². The molecule has 30 heavy (non-hydrogen) atoms. The molecule has 0 aromatic heterocycles. The second-order valence-electron chi connectivity index (χ2n) is 5.54. The van der Waals surface area contributed by atoms with Crippen LogP contribution in [0.15, 0.2) is 24.3 Å². The van der Waals surface area contributed by atoms with Crippen LogP contribution in [0, 0.1) is 40.5 Å². The third-order valence-corrected chi connectivity index (χ3v) is 3.80. The fourth-order valence-corrected chi connectivity index (χ4v) is 2.60. The van der Waals surface area contributed by atoms with Gasteiger partial charge in [-0.15, -0.1) is 0 Å². The Labute approximate surface area is 163 Å². The van der Waals surface area contributed by atoms with Crippen molar-refractivity contribution in [2.24, 2.45) is 11.5 Å². The summed E-state index contributed by atoms with van der Waals surface area (Å²) in [6.07, 6.45) is 0. The average Bonchev–Trinajstić information content (AvgIpc) is 2.65. The van der Waals surface area contributed by atoms with Crippen LogP contribution in [0.1, 0.15) is 20.7 Å². The summed E-state index contributed by atoms with van der Waals surface area (Å²) in [6, 6.07) is 1.94. The van der Waals surface area contributed by atoms with Gasteiger partial charge in [-0.05, 0) is 0 Å².